The van der Waals surface area contributed by atoms with E-state index in [4.69, 9.17) is 4.74 Å². The maximum Gasteiger partial charge on any atom is 0.330 e. The molecule has 0 aliphatic carbocycles. The third kappa shape index (κ3) is 2.03. The molecule has 3 heterocycles. The Bertz CT molecular complexity index is 699. The number of halogens is 1. The van der Waals surface area contributed by atoms with Crippen LogP contribution in [0, 0.1) is 0 Å². The summed E-state index contributed by atoms with van der Waals surface area (Å²) in [6, 6.07) is -0.524. The standard InChI is InChI=1S/C12H15FN4O2S/c1-16-9-5-14-11(20-2)15-10(9)17(12(16)18)8-3-4-19-6-7(8)13/h5,7-8H,3-4,6H2,1-2H3. The molecular formula is C12H15FN4O2S. The highest BCUT2D eigenvalue weighted by atomic mass is 32.2. The summed E-state index contributed by atoms with van der Waals surface area (Å²) >= 11 is 1.39. The van der Waals surface area contributed by atoms with Crippen LogP contribution in [0.2, 0.25) is 0 Å². The largest absolute Gasteiger partial charge is 0.378 e. The summed E-state index contributed by atoms with van der Waals surface area (Å²) in [7, 11) is 1.65. The molecule has 6 nitrogen and oxygen atoms in total. The van der Waals surface area contributed by atoms with Crippen LogP contribution in [0.3, 0.4) is 0 Å². The molecule has 1 aliphatic rings. The Hall–Kier alpha value is -1.41. The second-order valence-corrected chi connectivity index (χ2v) is 5.50. The van der Waals surface area contributed by atoms with Gasteiger partial charge in [0.1, 0.15) is 11.7 Å². The van der Waals surface area contributed by atoms with E-state index >= 15 is 0 Å². The van der Waals surface area contributed by atoms with Gasteiger partial charge in [-0.25, -0.2) is 19.2 Å². The SMILES string of the molecule is CSc1ncc2c(n1)n(C1CCOCC1F)c(=O)n2C. The first-order valence-corrected chi connectivity index (χ1v) is 7.55. The molecule has 1 fully saturated rings. The number of aromatic nitrogens is 4. The molecule has 2 atom stereocenters. The van der Waals surface area contributed by atoms with Crippen molar-refractivity contribution in [2.75, 3.05) is 19.5 Å². The number of hydrogen-bond donors (Lipinski definition) is 0. The normalized spacial score (nSPS) is 23.4. The average molecular weight is 298 g/mol. The van der Waals surface area contributed by atoms with Crippen molar-refractivity contribution < 1.29 is 9.13 Å². The van der Waals surface area contributed by atoms with Crippen molar-refractivity contribution >= 4 is 22.9 Å². The van der Waals surface area contributed by atoms with Crippen molar-refractivity contribution in [2.24, 2.45) is 7.05 Å². The first kappa shape index (κ1) is 13.6. The van der Waals surface area contributed by atoms with E-state index in [1.54, 1.807) is 13.2 Å². The molecule has 2 aromatic heterocycles. The van der Waals surface area contributed by atoms with E-state index in [1.807, 2.05) is 6.26 Å². The Balaban J connectivity index is 2.22. The molecular weight excluding hydrogens is 283 g/mol. The van der Waals surface area contributed by atoms with Gasteiger partial charge in [-0.15, -0.1) is 0 Å². The van der Waals surface area contributed by atoms with Crippen LogP contribution in [-0.4, -0.2) is 44.7 Å². The van der Waals surface area contributed by atoms with E-state index in [9.17, 15) is 9.18 Å². The van der Waals surface area contributed by atoms with Gasteiger partial charge in [0.2, 0.25) is 0 Å². The Morgan fingerprint density at radius 3 is 3.05 bits per heavy atom. The van der Waals surface area contributed by atoms with E-state index in [1.165, 1.54) is 20.9 Å². The Labute approximate surface area is 119 Å². The maximum atomic E-state index is 14.1. The minimum Gasteiger partial charge on any atom is -0.378 e. The first-order chi connectivity index (χ1) is 9.63. The molecule has 0 radical (unpaired) electrons. The van der Waals surface area contributed by atoms with E-state index in [2.05, 4.69) is 9.97 Å². The number of alkyl halides is 1. The van der Waals surface area contributed by atoms with Gasteiger partial charge in [-0.05, 0) is 12.7 Å². The monoisotopic (exact) mass is 298 g/mol. The van der Waals surface area contributed by atoms with Crippen LogP contribution in [-0.2, 0) is 11.8 Å². The summed E-state index contributed by atoms with van der Waals surface area (Å²) in [5.74, 6) is 0. The number of nitrogens with zero attached hydrogens (tertiary/aromatic N) is 4. The highest BCUT2D eigenvalue weighted by Gasteiger charge is 2.31. The average Bonchev–Trinajstić information content (AvgIpc) is 2.71. The first-order valence-electron chi connectivity index (χ1n) is 6.33. The number of rotatable bonds is 2. The zero-order valence-corrected chi connectivity index (χ0v) is 12.1. The molecule has 8 heteroatoms. The number of thioether (sulfide) groups is 1. The lowest BCUT2D eigenvalue weighted by molar-refractivity contribution is 0.00326. The molecule has 3 rings (SSSR count). The lowest BCUT2D eigenvalue weighted by Crippen LogP contribution is -2.37. The number of ether oxygens (including phenoxy) is 1. The van der Waals surface area contributed by atoms with Gasteiger partial charge in [-0.1, -0.05) is 11.8 Å². The number of fused-ring (bicyclic) bond motifs is 1. The quantitative estimate of drug-likeness (QED) is 0.615. The maximum absolute atomic E-state index is 14.1. The van der Waals surface area contributed by atoms with Crippen molar-refractivity contribution in [2.45, 2.75) is 23.8 Å². The minimum atomic E-state index is -1.19. The fourth-order valence-corrected chi connectivity index (χ4v) is 2.84. The van der Waals surface area contributed by atoms with Gasteiger partial charge >= 0.3 is 5.69 Å². The second-order valence-electron chi connectivity index (χ2n) is 4.72. The fraction of sp³-hybridized carbons (Fsp3) is 0.583. The summed E-state index contributed by atoms with van der Waals surface area (Å²) in [4.78, 5) is 20.9. The van der Waals surface area contributed by atoms with Crippen LogP contribution < -0.4 is 5.69 Å². The Kier molecular flexibility index (Phi) is 3.51. The molecule has 2 unspecified atom stereocenters. The van der Waals surface area contributed by atoms with Gasteiger partial charge in [-0.2, -0.15) is 0 Å². The van der Waals surface area contributed by atoms with Gasteiger partial charge in [-0.3, -0.25) is 9.13 Å². The molecule has 0 aromatic carbocycles. The number of aryl methyl sites for hydroxylation is 1. The predicted octanol–water partition coefficient (Wildman–Crippen LogP) is 1.15. The fourth-order valence-electron chi connectivity index (χ4n) is 2.50. The van der Waals surface area contributed by atoms with Crippen LogP contribution in [0.4, 0.5) is 4.39 Å². The van der Waals surface area contributed by atoms with Gasteiger partial charge in [0.25, 0.3) is 0 Å². The molecule has 0 N–H and O–H groups in total. The smallest absolute Gasteiger partial charge is 0.330 e. The second kappa shape index (κ2) is 5.17. The molecule has 1 saturated heterocycles. The number of imidazole rings is 1. The van der Waals surface area contributed by atoms with Crippen LogP contribution in [0.1, 0.15) is 12.5 Å². The summed E-state index contributed by atoms with van der Waals surface area (Å²) in [6.45, 7) is 0.475. The summed E-state index contributed by atoms with van der Waals surface area (Å²) in [5.41, 5.74) is 0.847. The summed E-state index contributed by atoms with van der Waals surface area (Å²) < 4.78 is 22.1. The third-order valence-electron chi connectivity index (χ3n) is 3.58. The molecule has 1 aliphatic heterocycles. The van der Waals surface area contributed by atoms with E-state index < -0.39 is 12.2 Å². The van der Waals surface area contributed by atoms with Gasteiger partial charge < -0.3 is 4.74 Å². The lowest BCUT2D eigenvalue weighted by Gasteiger charge is -2.26. The lowest BCUT2D eigenvalue weighted by atomic mass is 10.1. The molecule has 0 spiro atoms. The molecule has 0 bridgehead atoms. The highest BCUT2D eigenvalue weighted by Crippen LogP contribution is 2.26. The van der Waals surface area contributed by atoms with Gasteiger partial charge in [0, 0.05) is 13.7 Å². The number of hydrogen-bond acceptors (Lipinski definition) is 5. The zero-order chi connectivity index (χ0) is 14.3. The van der Waals surface area contributed by atoms with Crippen molar-refractivity contribution in [3.05, 3.63) is 16.7 Å². The molecule has 20 heavy (non-hydrogen) atoms. The van der Waals surface area contributed by atoms with Crippen molar-refractivity contribution in [3.63, 3.8) is 0 Å². The zero-order valence-electron chi connectivity index (χ0n) is 11.2. The molecule has 0 saturated carbocycles. The van der Waals surface area contributed by atoms with Crippen LogP contribution in [0.25, 0.3) is 11.2 Å². The molecule has 108 valence electrons. The van der Waals surface area contributed by atoms with Crippen molar-refractivity contribution in [1.29, 1.82) is 0 Å². The molecule has 2 aromatic rings. The Morgan fingerprint density at radius 2 is 2.35 bits per heavy atom. The Morgan fingerprint density at radius 1 is 1.55 bits per heavy atom. The van der Waals surface area contributed by atoms with Gasteiger partial charge in [0.05, 0.1) is 18.8 Å². The predicted molar refractivity (Wildman–Crippen MR) is 73.9 cm³/mol. The van der Waals surface area contributed by atoms with Crippen LogP contribution in [0.5, 0.6) is 0 Å². The van der Waals surface area contributed by atoms with E-state index in [0.29, 0.717) is 29.3 Å². The third-order valence-corrected chi connectivity index (χ3v) is 4.14. The summed E-state index contributed by atoms with van der Waals surface area (Å²) in [5, 5.41) is 0.569. The highest BCUT2D eigenvalue weighted by molar-refractivity contribution is 7.98. The van der Waals surface area contributed by atoms with Crippen molar-refractivity contribution in [1.82, 2.24) is 19.1 Å². The topological polar surface area (TPSA) is 61.9 Å². The van der Waals surface area contributed by atoms with Crippen LogP contribution >= 0.6 is 11.8 Å². The summed E-state index contributed by atoms with van der Waals surface area (Å²) in [6.07, 6.45) is 2.75. The van der Waals surface area contributed by atoms with Crippen LogP contribution in [0.15, 0.2) is 16.1 Å². The van der Waals surface area contributed by atoms with Gasteiger partial charge in [0.15, 0.2) is 10.8 Å². The van der Waals surface area contributed by atoms with Crippen molar-refractivity contribution in [3.8, 4) is 0 Å². The van der Waals surface area contributed by atoms with E-state index in [0.717, 1.165) is 0 Å². The molecule has 0 amide bonds. The minimum absolute atomic E-state index is 0.0218. The van der Waals surface area contributed by atoms with E-state index in [-0.39, 0.29) is 12.3 Å².